The van der Waals surface area contributed by atoms with Crippen molar-refractivity contribution < 1.29 is 9.47 Å². The summed E-state index contributed by atoms with van der Waals surface area (Å²) in [5.41, 5.74) is 0. The molecule has 0 amide bonds. The van der Waals surface area contributed by atoms with Crippen LogP contribution in [0.25, 0.3) is 0 Å². The molecule has 0 saturated carbocycles. The average Bonchev–Trinajstić information content (AvgIpc) is 2.75. The number of rotatable bonds is 13. The van der Waals surface area contributed by atoms with Gasteiger partial charge >= 0.3 is 0 Å². The van der Waals surface area contributed by atoms with Gasteiger partial charge in [0.15, 0.2) is 0 Å². The first-order valence-electron chi connectivity index (χ1n) is 10.1. The SMILES string of the molecule is S=C(SSCCCCCCCCSSC(=S)C1CNCCO1)C1CNCCO1. The number of morpholine rings is 2. The highest BCUT2D eigenvalue weighted by molar-refractivity contribution is 8.84. The molecule has 0 aromatic rings. The lowest BCUT2D eigenvalue weighted by molar-refractivity contribution is 0.0743. The molecule has 2 aliphatic heterocycles. The van der Waals surface area contributed by atoms with Crippen molar-refractivity contribution in [1.82, 2.24) is 10.6 Å². The molecule has 0 aliphatic carbocycles. The van der Waals surface area contributed by atoms with E-state index in [9.17, 15) is 0 Å². The zero-order valence-corrected chi connectivity index (χ0v) is 21.2. The summed E-state index contributed by atoms with van der Waals surface area (Å²) < 4.78 is 13.3. The summed E-state index contributed by atoms with van der Waals surface area (Å²) in [4.78, 5) is 0. The third-order valence-corrected chi connectivity index (χ3v) is 10.8. The molecule has 10 heteroatoms. The lowest BCUT2D eigenvalue weighted by Gasteiger charge is -2.23. The Labute approximate surface area is 196 Å². The summed E-state index contributed by atoms with van der Waals surface area (Å²) in [6.45, 7) is 5.14. The molecule has 2 atom stereocenters. The van der Waals surface area contributed by atoms with Crippen molar-refractivity contribution in [3.8, 4) is 0 Å². The van der Waals surface area contributed by atoms with Crippen LogP contribution in [0.1, 0.15) is 38.5 Å². The van der Waals surface area contributed by atoms with Gasteiger partial charge in [0.05, 0.1) is 21.6 Å². The molecule has 2 aliphatic rings. The van der Waals surface area contributed by atoms with E-state index in [0.29, 0.717) is 0 Å². The van der Waals surface area contributed by atoms with Crippen molar-refractivity contribution in [2.45, 2.75) is 50.7 Å². The number of unbranched alkanes of at least 4 members (excludes halogenated alkanes) is 5. The van der Waals surface area contributed by atoms with Crippen molar-refractivity contribution in [2.75, 3.05) is 50.9 Å². The summed E-state index contributed by atoms with van der Waals surface area (Å²) in [5, 5.41) is 6.65. The number of nitrogens with one attached hydrogen (secondary N) is 2. The molecule has 0 aromatic heterocycles. The second-order valence-electron chi connectivity index (χ2n) is 6.70. The highest BCUT2D eigenvalue weighted by Crippen LogP contribution is 2.29. The molecule has 2 saturated heterocycles. The Bertz CT molecular complexity index is 406. The maximum atomic E-state index is 5.68. The summed E-state index contributed by atoms with van der Waals surface area (Å²) in [5.74, 6) is 2.35. The normalized spacial score (nSPS) is 22.9. The first-order chi connectivity index (χ1) is 13.8. The number of ether oxygens (including phenoxy) is 2. The topological polar surface area (TPSA) is 42.5 Å². The fourth-order valence-corrected chi connectivity index (χ4v) is 8.05. The molecule has 2 N–H and O–H groups in total. The minimum Gasteiger partial charge on any atom is -0.369 e. The van der Waals surface area contributed by atoms with Crippen LogP contribution in [-0.2, 0) is 9.47 Å². The van der Waals surface area contributed by atoms with Crippen LogP contribution >= 0.6 is 67.6 Å². The first-order valence-corrected chi connectivity index (χ1v) is 15.5. The number of thiocarbonyl (C=S) groups is 2. The molecule has 4 nitrogen and oxygen atoms in total. The summed E-state index contributed by atoms with van der Waals surface area (Å²) >= 11 is 10.9. The second kappa shape index (κ2) is 17.0. The minimum atomic E-state index is 0.110. The molecule has 162 valence electrons. The Kier molecular flexibility index (Phi) is 15.6. The van der Waals surface area contributed by atoms with Gasteiger partial charge in [-0.25, -0.2) is 0 Å². The van der Waals surface area contributed by atoms with E-state index in [1.165, 1.54) is 50.0 Å². The standard InChI is InChI=1S/C18H32N2O2S6/c23-17(15-13-19-7-9-21-15)27-25-11-5-3-1-2-4-6-12-26-28-18(24)16-14-20-8-10-22-16/h15-16,19-20H,1-14H2. The maximum Gasteiger partial charge on any atom is 0.112 e. The molecule has 2 fully saturated rings. The van der Waals surface area contributed by atoms with Gasteiger partial charge in [0.1, 0.15) is 12.2 Å². The molecular weight excluding hydrogens is 469 g/mol. The fourth-order valence-electron chi connectivity index (χ4n) is 2.77. The highest BCUT2D eigenvalue weighted by atomic mass is 33.1. The first kappa shape index (κ1) is 25.7. The Hall–Kier alpha value is 1.42. The van der Waals surface area contributed by atoms with Gasteiger partial charge in [0.2, 0.25) is 0 Å². The predicted octanol–water partition coefficient (Wildman–Crippen LogP) is 4.72. The number of hydrogen-bond acceptors (Lipinski definition) is 10. The highest BCUT2D eigenvalue weighted by Gasteiger charge is 2.19. The predicted molar refractivity (Wildman–Crippen MR) is 138 cm³/mol. The fraction of sp³-hybridized carbons (Fsp3) is 0.889. The molecule has 2 unspecified atom stereocenters. The van der Waals surface area contributed by atoms with E-state index in [1.54, 1.807) is 21.6 Å². The lowest BCUT2D eigenvalue weighted by atomic mass is 10.1. The van der Waals surface area contributed by atoms with E-state index in [-0.39, 0.29) is 12.2 Å². The Morgan fingerprint density at radius 1 is 0.714 bits per heavy atom. The van der Waals surface area contributed by atoms with Gasteiger partial charge < -0.3 is 20.1 Å². The monoisotopic (exact) mass is 500 g/mol. The maximum absolute atomic E-state index is 5.68. The van der Waals surface area contributed by atoms with E-state index >= 15 is 0 Å². The van der Waals surface area contributed by atoms with Crippen LogP contribution < -0.4 is 10.6 Å². The molecule has 0 spiro atoms. The Morgan fingerprint density at radius 2 is 1.14 bits per heavy atom. The van der Waals surface area contributed by atoms with E-state index in [1.807, 2.05) is 21.6 Å². The summed E-state index contributed by atoms with van der Waals surface area (Å²) in [6, 6.07) is 0. The molecule has 0 radical (unpaired) electrons. The zero-order valence-electron chi connectivity index (χ0n) is 16.3. The van der Waals surface area contributed by atoms with Crippen molar-refractivity contribution >= 4 is 76.0 Å². The van der Waals surface area contributed by atoms with Gasteiger partial charge in [-0.15, -0.1) is 0 Å². The Balaban J connectivity index is 1.30. The van der Waals surface area contributed by atoms with Crippen molar-refractivity contribution in [2.24, 2.45) is 0 Å². The van der Waals surface area contributed by atoms with Crippen molar-refractivity contribution in [3.63, 3.8) is 0 Å². The molecule has 2 rings (SSSR count). The van der Waals surface area contributed by atoms with E-state index in [0.717, 1.165) is 47.8 Å². The third kappa shape index (κ3) is 11.7. The van der Waals surface area contributed by atoms with Gasteiger partial charge in [-0.2, -0.15) is 0 Å². The molecular formula is C18H32N2O2S6. The van der Waals surface area contributed by atoms with Crippen LogP contribution in [0.15, 0.2) is 0 Å². The Morgan fingerprint density at radius 3 is 1.54 bits per heavy atom. The van der Waals surface area contributed by atoms with E-state index in [4.69, 9.17) is 33.9 Å². The molecule has 28 heavy (non-hydrogen) atoms. The van der Waals surface area contributed by atoms with Gasteiger partial charge in [-0.3, -0.25) is 0 Å². The van der Waals surface area contributed by atoms with Crippen LogP contribution in [0, 0.1) is 0 Å². The van der Waals surface area contributed by atoms with Crippen molar-refractivity contribution in [3.05, 3.63) is 0 Å². The van der Waals surface area contributed by atoms with Crippen LogP contribution in [0.3, 0.4) is 0 Å². The van der Waals surface area contributed by atoms with Gasteiger partial charge in [0.25, 0.3) is 0 Å². The summed E-state index contributed by atoms with van der Waals surface area (Å²) in [6.07, 6.45) is 8.08. The van der Waals surface area contributed by atoms with Gasteiger partial charge in [-0.05, 0) is 34.4 Å². The molecule has 0 aromatic carbocycles. The summed E-state index contributed by atoms with van der Waals surface area (Å²) in [7, 11) is 7.21. The van der Waals surface area contributed by atoms with Crippen molar-refractivity contribution in [1.29, 1.82) is 0 Å². The lowest BCUT2D eigenvalue weighted by Crippen LogP contribution is -2.41. The molecule has 0 bridgehead atoms. The quantitative estimate of drug-likeness (QED) is 0.211. The smallest absolute Gasteiger partial charge is 0.112 e. The molecule has 2 heterocycles. The average molecular weight is 501 g/mol. The van der Waals surface area contributed by atoms with Crippen LogP contribution in [0.2, 0.25) is 0 Å². The van der Waals surface area contributed by atoms with E-state index in [2.05, 4.69) is 10.6 Å². The number of hydrogen-bond donors (Lipinski definition) is 2. The van der Waals surface area contributed by atoms with Gasteiger partial charge in [0, 0.05) is 37.7 Å². The minimum absolute atomic E-state index is 0.110. The third-order valence-electron chi connectivity index (χ3n) is 4.37. The van der Waals surface area contributed by atoms with Crippen LogP contribution in [0.4, 0.5) is 0 Å². The van der Waals surface area contributed by atoms with Crippen LogP contribution in [0.5, 0.6) is 0 Å². The van der Waals surface area contributed by atoms with Crippen LogP contribution in [-0.4, -0.2) is 71.5 Å². The van der Waals surface area contributed by atoms with E-state index < -0.39 is 0 Å². The second-order valence-corrected chi connectivity index (χ2v) is 13.0. The zero-order chi connectivity index (χ0) is 19.9. The van der Waals surface area contributed by atoms with Gasteiger partial charge in [-0.1, -0.05) is 71.7 Å². The largest absolute Gasteiger partial charge is 0.369 e.